The fourth-order valence-corrected chi connectivity index (χ4v) is 4.38. The number of nitrogens with one attached hydrogen (secondary N) is 1. The molecule has 2 N–H and O–H groups in total. The minimum atomic E-state index is -0.0921. The predicted octanol–water partition coefficient (Wildman–Crippen LogP) is 3.32. The lowest BCUT2D eigenvalue weighted by molar-refractivity contribution is -0.121. The third kappa shape index (κ3) is 3.85. The van der Waals surface area contributed by atoms with Gasteiger partial charge in [0.15, 0.2) is 0 Å². The summed E-state index contributed by atoms with van der Waals surface area (Å²) in [6.45, 7) is 5.10. The van der Waals surface area contributed by atoms with Gasteiger partial charge >= 0.3 is 0 Å². The Labute approximate surface area is 137 Å². The number of fused-ring (bicyclic) bond motifs is 1. The van der Waals surface area contributed by atoms with Crippen molar-refractivity contribution in [1.29, 1.82) is 0 Å². The normalized spacial score (nSPS) is 17.9. The average Bonchev–Trinajstić information content (AvgIpc) is 2.58. The largest absolute Gasteiger partial charge is 0.396 e. The molecule has 0 spiro atoms. The number of hydrogen-bond donors (Lipinski definition) is 2. The van der Waals surface area contributed by atoms with Crippen LogP contribution in [0.4, 0.5) is 0 Å². The summed E-state index contributed by atoms with van der Waals surface area (Å²) >= 11 is 1.73. The second kappa shape index (κ2) is 8.02. The highest BCUT2D eigenvalue weighted by atomic mass is 32.2. The van der Waals surface area contributed by atoms with Gasteiger partial charge in [0.2, 0.25) is 5.91 Å². The van der Waals surface area contributed by atoms with Crippen molar-refractivity contribution in [3.8, 4) is 0 Å². The SMILES string of the molecule is CCC(CC)(CCO)CNC(=O)C1SCCc2ccccc21. The molecule has 1 atom stereocenters. The molecular formula is C18H27NO2S. The van der Waals surface area contributed by atoms with Gasteiger partial charge in [-0.05, 0) is 48.0 Å². The van der Waals surface area contributed by atoms with Gasteiger partial charge < -0.3 is 10.4 Å². The van der Waals surface area contributed by atoms with Crippen molar-refractivity contribution in [2.45, 2.75) is 44.8 Å². The number of carbonyl (C=O) groups is 1. The van der Waals surface area contributed by atoms with E-state index in [0.29, 0.717) is 6.54 Å². The smallest absolute Gasteiger partial charge is 0.237 e. The van der Waals surface area contributed by atoms with Gasteiger partial charge in [-0.3, -0.25) is 4.79 Å². The van der Waals surface area contributed by atoms with Crippen molar-refractivity contribution in [2.24, 2.45) is 5.41 Å². The monoisotopic (exact) mass is 321 g/mol. The fourth-order valence-electron chi connectivity index (χ4n) is 3.16. The van der Waals surface area contributed by atoms with E-state index in [9.17, 15) is 9.90 Å². The van der Waals surface area contributed by atoms with Crippen LogP contribution >= 0.6 is 11.8 Å². The van der Waals surface area contributed by atoms with Crippen molar-refractivity contribution >= 4 is 17.7 Å². The molecule has 2 rings (SSSR count). The molecule has 0 bridgehead atoms. The molecule has 0 saturated heterocycles. The molecule has 0 saturated carbocycles. The molecule has 1 aliphatic rings. The van der Waals surface area contributed by atoms with Crippen LogP contribution in [0, 0.1) is 5.41 Å². The lowest BCUT2D eigenvalue weighted by Crippen LogP contribution is -2.39. The van der Waals surface area contributed by atoms with Gasteiger partial charge in [-0.1, -0.05) is 38.1 Å². The van der Waals surface area contributed by atoms with Gasteiger partial charge in [0.25, 0.3) is 0 Å². The van der Waals surface area contributed by atoms with Crippen LogP contribution in [0.15, 0.2) is 24.3 Å². The van der Waals surface area contributed by atoms with Crippen LogP contribution in [0.3, 0.4) is 0 Å². The molecular weight excluding hydrogens is 294 g/mol. The number of benzene rings is 1. The van der Waals surface area contributed by atoms with E-state index in [1.165, 1.54) is 5.56 Å². The van der Waals surface area contributed by atoms with E-state index < -0.39 is 0 Å². The third-order valence-corrected chi connectivity index (χ3v) is 6.25. The topological polar surface area (TPSA) is 49.3 Å². The predicted molar refractivity (Wildman–Crippen MR) is 93.1 cm³/mol. The van der Waals surface area contributed by atoms with Gasteiger partial charge in [-0.15, -0.1) is 11.8 Å². The van der Waals surface area contributed by atoms with E-state index in [2.05, 4.69) is 31.3 Å². The average molecular weight is 321 g/mol. The summed E-state index contributed by atoms with van der Waals surface area (Å²) in [5.74, 6) is 1.11. The van der Waals surface area contributed by atoms with Gasteiger partial charge in [-0.2, -0.15) is 0 Å². The Balaban J connectivity index is 2.04. The molecule has 0 aromatic heterocycles. The number of thioether (sulfide) groups is 1. The summed E-state index contributed by atoms with van der Waals surface area (Å²) < 4.78 is 0. The number of amides is 1. The van der Waals surface area contributed by atoms with Crippen LogP contribution in [-0.4, -0.2) is 29.9 Å². The van der Waals surface area contributed by atoms with Crippen molar-refractivity contribution in [1.82, 2.24) is 5.32 Å². The van der Waals surface area contributed by atoms with Gasteiger partial charge in [0.05, 0.1) is 0 Å². The van der Waals surface area contributed by atoms with Crippen LogP contribution in [0.25, 0.3) is 0 Å². The number of aryl methyl sites for hydroxylation is 1. The first kappa shape index (κ1) is 17.4. The summed E-state index contributed by atoms with van der Waals surface area (Å²) in [7, 11) is 0. The zero-order chi connectivity index (χ0) is 16.0. The van der Waals surface area contributed by atoms with E-state index in [1.54, 1.807) is 11.8 Å². The first-order chi connectivity index (χ1) is 10.7. The maximum atomic E-state index is 12.6. The van der Waals surface area contributed by atoms with Crippen LogP contribution in [0.5, 0.6) is 0 Å². The molecule has 0 radical (unpaired) electrons. The summed E-state index contributed by atoms with van der Waals surface area (Å²) in [5, 5.41) is 12.3. The standard InChI is InChI=1S/C18H27NO2S/c1-3-18(4-2,10-11-20)13-19-17(21)16-15-8-6-5-7-14(15)9-12-22-16/h5-8,16,20H,3-4,9-13H2,1-2H3,(H,19,21). The van der Waals surface area contributed by atoms with Gasteiger partial charge in [0.1, 0.15) is 5.25 Å². The minimum absolute atomic E-state index is 0.0171. The van der Waals surface area contributed by atoms with E-state index in [1.807, 2.05) is 12.1 Å². The highest BCUT2D eigenvalue weighted by Gasteiger charge is 2.30. The van der Waals surface area contributed by atoms with Crippen LogP contribution in [0.1, 0.15) is 49.5 Å². The Morgan fingerprint density at radius 2 is 2.09 bits per heavy atom. The first-order valence-electron chi connectivity index (χ1n) is 8.23. The zero-order valence-electron chi connectivity index (χ0n) is 13.6. The lowest BCUT2D eigenvalue weighted by atomic mass is 9.79. The molecule has 0 aliphatic carbocycles. The molecule has 1 aromatic rings. The summed E-state index contributed by atoms with van der Waals surface area (Å²) in [6.07, 6.45) is 3.73. The molecule has 1 aromatic carbocycles. The number of aliphatic hydroxyl groups is 1. The van der Waals surface area contributed by atoms with Crippen molar-refractivity contribution < 1.29 is 9.90 Å². The fraction of sp³-hybridized carbons (Fsp3) is 0.611. The molecule has 122 valence electrons. The summed E-state index contributed by atoms with van der Waals surface area (Å²) in [6, 6.07) is 8.26. The second-order valence-corrected chi connectivity index (χ2v) is 7.31. The van der Waals surface area contributed by atoms with Gasteiger partial charge in [-0.25, -0.2) is 0 Å². The highest BCUT2D eigenvalue weighted by Crippen LogP contribution is 2.37. The molecule has 1 unspecified atom stereocenters. The Morgan fingerprint density at radius 1 is 1.36 bits per heavy atom. The minimum Gasteiger partial charge on any atom is -0.396 e. The summed E-state index contributed by atoms with van der Waals surface area (Å²) in [4.78, 5) is 12.6. The quantitative estimate of drug-likeness (QED) is 0.810. The molecule has 3 nitrogen and oxygen atoms in total. The Kier molecular flexibility index (Phi) is 6.33. The number of hydrogen-bond acceptors (Lipinski definition) is 3. The zero-order valence-corrected chi connectivity index (χ0v) is 14.4. The lowest BCUT2D eigenvalue weighted by Gasteiger charge is -2.32. The number of aliphatic hydroxyl groups excluding tert-OH is 1. The first-order valence-corrected chi connectivity index (χ1v) is 9.28. The van der Waals surface area contributed by atoms with Gasteiger partial charge in [0, 0.05) is 13.2 Å². The Morgan fingerprint density at radius 3 is 2.77 bits per heavy atom. The van der Waals surface area contributed by atoms with E-state index in [4.69, 9.17) is 0 Å². The highest BCUT2D eigenvalue weighted by molar-refractivity contribution is 8.00. The molecule has 1 aliphatic heterocycles. The second-order valence-electron chi connectivity index (χ2n) is 6.10. The van der Waals surface area contributed by atoms with E-state index in [-0.39, 0.29) is 23.2 Å². The van der Waals surface area contributed by atoms with Crippen molar-refractivity contribution in [2.75, 3.05) is 18.9 Å². The van der Waals surface area contributed by atoms with Crippen molar-refractivity contribution in [3.05, 3.63) is 35.4 Å². The Hall–Kier alpha value is -1.00. The van der Waals surface area contributed by atoms with Crippen molar-refractivity contribution in [3.63, 3.8) is 0 Å². The summed E-state index contributed by atoms with van der Waals surface area (Å²) in [5.41, 5.74) is 2.48. The maximum absolute atomic E-state index is 12.6. The molecule has 1 heterocycles. The number of carbonyl (C=O) groups excluding carboxylic acids is 1. The molecule has 0 fully saturated rings. The van der Waals surface area contributed by atoms with Crippen LogP contribution in [0.2, 0.25) is 0 Å². The maximum Gasteiger partial charge on any atom is 0.237 e. The van der Waals surface area contributed by atoms with E-state index in [0.717, 1.165) is 37.0 Å². The number of rotatable bonds is 7. The molecule has 1 amide bonds. The molecule has 22 heavy (non-hydrogen) atoms. The van der Waals surface area contributed by atoms with E-state index >= 15 is 0 Å². The van der Waals surface area contributed by atoms with Crippen LogP contribution < -0.4 is 5.32 Å². The Bertz CT molecular complexity index is 500. The van der Waals surface area contributed by atoms with Crippen LogP contribution in [-0.2, 0) is 11.2 Å². The molecule has 4 heteroatoms. The third-order valence-electron chi connectivity index (χ3n) is 5.01.